The molecule has 0 nitrogen and oxygen atoms in total. The molecular weight excluding hydrogens is 828 g/mol. The minimum absolute atomic E-state index is 0. The van der Waals surface area contributed by atoms with E-state index in [-0.39, 0.29) is 14.9 Å². The fourth-order valence-corrected chi connectivity index (χ4v) is 4.23. The molecule has 0 fully saturated rings. The summed E-state index contributed by atoms with van der Waals surface area (Å²) in [5.41, 5.74) is 10.1. The van der Waals surface area contributed by atoms with E-state index in [1.165, 1.54) is 44.5 Å². The van der Waals surface area contributed by atoms with E-state index in [1.54, 1.807) is 0 Å². The molecule has 0 aliphatic carbocycles. The average molecular weight is 955 g/mol. The second kappa shape index (κ2) is 105. The first kappa shape index (κ1) is 98.0. The molecule has 0 aromatic heterocycles. The van der Waals surface area contributed by atoms with Crippen molar-refractivity contribution in [3.63, 3.8) is 0 Å². The van der Waals surface area contributed by atoms with Crippen molar-refractivity contribution in [2.24, 2.45) is 0 Å². The third-order valence-corrected chi connectivity index (χ3v) is 6.20. The summed E-state index contributed by atoms with van der Waals surface area (Å²) in [7, 11) is 2.00. The topological polar surface area (TPSA) is 0 Å². The average Bonchev–Trinajstić information content (AvgIpc) is 3.50. The van der Waals surface area contributed by atoms with Gasteiger partial charge < -0.3 is 0 Å². The minimum Gasteiger partial charge on any atom is -0.0922 e. The lowest BCUT2D eigenvalue weighted by Crippen LogP contribution is -1.79. The Morgan fingerprint density at radius 3 is 0.319 bits per heavy atom. The first-order valence-corrected chi connectivity index (χ1v) is 27.4. The van der Waals surface area contributed by atoms with Crippen molar-refractivity contribution in [2.75, 3.05) is 0 Å². The van der Waals surface area contributed by atoms with Crippen LogP contribution in [0.15, 0.2) is 170 Å². The SMILES string of the molecule is C.C.CC.CC.CC.CC.CC.CC.CC.CC.CC.CC.CC.CC.CC.CC.C[B]C.c1ccc(-c2ccc(-c3ccccc3)cc2)cc1.c1ccc(-c2ccc(-c3ccccc3)cc2)cc1. The second-order valence-electron chi connectivity index (χ2n) is 9.20. The van der Waals surface area contributed by atoms with Gasteiger partial charge in [-0.1, -0.05) is 392 Å². The van der Waals surface area contributed by atoms with Gasteiger partial charge in [-0.15, -0.1) is 0 Å². The lowest BCUT2D eigenvalue weighted by molar-refractivity contribution is 1.50. The highest BCUT2D eigenvalue weighted by molar-refractivity contribution is 6.31. The van der Waals surface area contributed by atoms with E-state index in [9.17, 15) is 0 Å². The van der Waals surface area contributed by atoms with E-state index in [4.69, 9.17) is 0 Å². The molecule has 6 aromatic carbocycles. The third-order valence-electron chi connectivity index (χ3n) is 6.20. The van der Waals surface area contributed by atoms with Crippen LogP contribution in [0.3, 0.4) is 0 Å². The van der Waals surface area contributed by atoms with E-state index in [1.807, 2.05) is 239 Å². The molecule has 6 aromatic rings. The third kappa shape index (κ3) is 59.4. The van der Waals surface area contributed by atoms with Crippen molar-refractivity contribution in [3.8, 4) is 44.5 Å². The Morgan fingerprint density at radius 1 is 0.159 bits per heavy atom. The zero-order chi connectivity index (χ0) is 55.1. The molecule has 0 aliphatic rings. The Balaban J connectivity index is -0.0000000521. The highest BCUT2D eigenvalue weighted by Crippen LogP contribution is 2.25. The van der Waals surface area contributed by atoms with Crippen LogP contribution in [0.1, 0.15) is 209 Å². The Kier molecular flexibility index (Phi) is 150. The van der Waals surface area contributed by atoms with E-state index >= 15 is 0 Å². The van der Waals surface area contributed by atoms with E-state index < -0.39 is 0 Å². The quantitative estimate of drug-likeness (QED) is 0.155. The molecule has 0 unspecified atom stereocenters. The van der Waals surface area contributed by atoms with Crippen LogP contribution in [0.25, 0.3) is 44.5 Å². The van der Waals surface area contributed by atoms with Crippen LogP contribution in [-0.2, 0) is 0 Å². The van der Waals surface area contributed by atoms with Gasteiger partial charge in [0.05, 0.1) is 0 Å². The summed E-state index contributed by atoms with van der Waals surface area (Å²) in [6, 6.07) is 59.3. The lowest BCUT2D eigenvalue weighted by atomic mass is 9.88. The Morgan fingerprint density at radius 2 is 0.232 bits per heavy atom. The van der Waals surface area contributed by atoms with Crippen LogP contribution in [0.5, 0.6) is 0 Å². The van der Waals surface area contributed by atoms with Gasteiger partial charge in [0.2, 0.25) is 0 Å². The summed E-state index contributed by atoms with van der Waals surface area (Å²) >= 11 is 0. The predicted octanol–water partition coefficient (Wildman–Crippen LogP) is 26.5. The highest BCUT2D eigenvalue weighted by Gasteiger charge is 2.00. The molecule has 0 spiro atoms. The van der Waals surface area contributed by atoms with Crippen LogP contribution in [0.2, 0.25) is 13.6 Å². The molecule has 401 valence electrons. The summed E-state index contributed by atoms with van der Waals surface area (Å²) in [4.78, 5) is 0. The molecule has 0 bridgehead atoms. The number of hydrogen-bond donors (Lipinski definition) is 0. The van der Waals surface area contributed by atoms with E-state index in [2.05, 4.69) is 146 Å². The van der Waals surface area contributed by atoms with Crippen LogP contribution < -0.4 is 0 Å². The predicted molar refractivity (Wildman–Crippen MR) is 344 cm³/mol. The molecule has 0 saturated heterocycles. The molecule has 0 saturated carbocycles. The second-order valence-corrected chi connectivity index (χ2v) is 9.20. The van der Waals surface area contributed by atoms with E-state index in [0.29, 0.717) is 0 Å². The molecule has 1 heteroatoms. The largest absolute Gasteiger partial charge is 0.102 e. The zero-order valence-electron chi connectivity index (χ0n) is 50.7. The maximum absolute atomic E-state index is 2.18. The molecule has 69 heavy (non-hydrogen) atoms. The Labute approximate surface area is 441 Å². The smallest absolute Gasteiger partial charge is 0.0922 e. The first-order chi connectivity index (χ1) is 33.3. The lowest BCUT2D eigenvalue weighted by Gasteiger charge is -2.04. The van der Waals surface area contributed by atoms with Crippen molar-refractivity contribution in [3.05, 3.63) is 170 Å². The molecule has 1 radical (unpaired) electrons. The van der Waals surface area contributed by atoms with Crippen molar-refractivity contribution in [1.82, 2.24) is 0 Å². The summed E-state index contributed by atoms with van der Waals surface area (Å²) < 4.78 is 0. The van der Waals surface area contributed by atoms with Gasteiger partial charge >= 0.3 is 0 Å². The fraction of sp³-hybridized carbons (Fsp3) is 0.471. The summed E-state index contributed by atoms with van der Waals surface area (Å²) in [6.07, 6.45) is 0. The Bertz CT molecular complexity index is 1240. The zero-order valence-corrected chi connectivity index (χ0v) is 50.7. The molecule has 6 rings (SSSR count). The normalized spacial score (nSPS) is 6.75. The van der Waals surface area contributed by atoms with Gasteiger partial charge in [0, 0.05) is 0 Å². The number of rotatable bonds is 4. The molecule has 0 aliphatic heterocycles. The number of benzene rings is 6. The number of hydrogen-bond acceptors (Lipinski definition) is 0. The van der Waals surface area contributed by atoms with Crippen molar-refractivity contribution in [1.29, 1.82) is 0 Å². The molecular formula is C68H126B. The van der Waals surface area contributed by atoms with Gasteiger partial charge in [0.1, 0.15) is 7.28 Å². The van der Waals surface area contributed by atoms with Gasteiger partial charge in [-0.3, -0.25) is 0 Å². The highest BCUT2D eigenvalue weighted by atomic mass is 14.0. The van der Waals surface area contributed by atoms with Gasteiger partial charge in [0.25, 0.3) is 0 Å². The summed E-state index contributed by atoms with van der Waals surface area (Å²) in [6.45, 7) is 60.0. The summed E-state index contributed by atoms with van der Waals surface area (Å²) in [5.74, 6) is 0. The van der Waals surface area contributed by atoms with Gasteiger partial charge in [-0.2, -0.15) is 0 Å². The Hall–Kier alpha value is -4.62. The van der Waals surface area contributed by atoms with Gasteiger partial charge in [-0.25, -0.2) is 0 Å². The summed E-state index contributed by atoms with van der Waals surface area (Å²) in [5, 5.41) is 0. The minimum atomic E-state index is 0. The molecule has 0 amide bonds. The molecule has 0 atom stereocenters. The van der Waals surface area contributed by atoms with Crippen LogP contribution in [0.4, 0.5) is 0 Å². The van der Waals surface area contributed by atoms with Crippen LogP contribution >= 0.6 is 0 Å². The maximum atomic E-state index is 2.18. The monoisotopic (exact) mass is 954 g/mol. The van der Waals surface area contributed by atoms with Crippen LogP contribution in [-0.4, -0.2) is 7.28 Å². The van der Waals surface area contributed by atoms with E-state index in [0.717, 1.165) is 0 Å². The molecule has 0 heterocycles. The maximum Gasteiger partial charge on any atom is 0.102 e. The standard InChI is InChI=1S/2C18H14.C2H6B.14C2H6.2CH4/c2*1-3-7-15(8-4-1)17-11-13-18(14-12-17)16-9-5-2-6-10-16;1-3-2;14*1-2;;/h2*1-14H;1-2H3;14*1-2H3;2*1H4. The molecule has 0 N–H and O–H groups in total. The van der Waals surface area contributed by atoms with Gasteiger partial charge in [0.15, 0.2) is 0 Å². The van der Waals surface area contributed by atoms with Crippen molar-refractivity contribution < 1.29 is 0 Å². The fourth-order valence-electron chi connectivity index (χ4n) is 4.23. The van der Waals surface area contributed by atoms with Gasteiger partial charge in [-0.05, 0) is 44.5 Å². The first-order valence-electron chi connectivity index (χ1n) is 27.4. The van der Waals surface area contributed by atoms with Crippen molar-refractivity contribution >= 4 is 7.28 Å². The van der Waals surface area contributed by atoms with Crippen LogP contribution in [0, 0.1) is 0 Å². The van der Waals surface area contributed by atoms with Crippen molar-refractivity contribution in [2.45, 2.75) is 222 Å².